The van der Waals surface area contributed by atoms with E-state index < -0.39 is 0 Å². The monoisotopic (exact) mass is 449 g/mol. The average molecular weight is 450 g/mol. The summed E-state index contributed by atoms with van der Waals surface area (Å²) in [4.78, 5) is 26.6. The third-order valence-electron chi connectivity index (χ3n) is 5.62. The number of rotatable bonds is 9. The predicted octanol–water partition coefficient (Wildman–Crippen LogP) is 3.81. The summed E-state index contributed by atoms with van der Waals surface area (Å²) in [6.45, 7) is 2.78. The molecular formula is C24H27N5O2S. The van der Waals surface area contributed by atoms with E-state index in [4.69, 9.17) is 0 Å². The van der Waals surface area contributed by atoms with Crippen molar-refractivity contribution in [2.75, 3.05) is 25.2 Å². The van der Waals surface area contributed by atoms with Gasteiger partial charge >= 0.3 is 0 Å². The summed E-state index contributed by atoms with van der Waals surface area (Å²) in [5.41, 5.74) is 3.44. The van der Waals surface area contributed by atoms with Gasteiger partial charge in [0.05, 0.1) is 24.8 Å². The van der Waals surface area contributed by atoms with E-state index in [0.29, 0.717) is 18.5 Å². The van der Waals surface area contributed by atoms with Gasteiger partial charge in [0.15, 0.2) is 16.8 Å². The summed E-state index contributed by atoms with van der Waals surface area (Å²) in [6, 6.07) is 15.7. The second kappa shape index (κ2) is 9.67. The van der Waals surface area contributed by atoms with Crippen LogP contribution in [0, 0.1) is 0 Å². The molecule has 0 radical (unpaired) electrons. The van der Waals surface area contributed by atoms with Crippen LogP contribution in [-0.4, -0.2) is 51.2 Å². The average Bonchev–Trinajstić information content (AvgIpc) is 3.35. The fraction of sp³-hybridized carbons (Fsp3) is 0.333. The van der Waals surface area contributed by atoms with Crippen molar-refractivity contribution >= 4 is 29.1 Å². The summed E-state index contributed by atoms with van der Waals surface area (Å²) in [6.07, 6.45) is 1.23. The summed E-state index contributed by atoms with van der Waals surface area (Å²) in [7, 11) is 4.08. The van der Waals surface area contributed by atoms with Gasteiger partial charge in [0, 0.05) is 11.3 Å². The molecule has 1 atom stereocenters. The maximum Gasteiger partial charge on any atom is 0.228 e. The van der Waals surface area contributed by atoms with Crippen LogP contribution in [0.15, 0.2) is 53.7 Å². The number of carbonyl (C=O) groups excluding carboxylic acids is 2. The van der Waals surface area contributed by atoms with Crippen LogP contribution in [0.4, 0.5) is 5.69 Å². The number of aromatic nitrogens is 3. The van der Waals surface area contributed by atoms with E-state index in [1.807, 2.05) is 38.4 Å². The highest BCUT2D eigenvalue weighted by molar-refractivity contribution is 7.99. The molecule has 166 valence electrons. The second-order valence-electron chi connectivity index (χ2n) is 8.11. The van der Waals surface area contributed by atoms with Crippen LogP contribution in [0.25, 0.3) is 0 Å². The second-order valence-corrected chi connectivity index (χ2v) is 9.05. The van der Waals surface area contributed by atoms with Crippen LogP contribution < -0.4 is 5.32 Å². The van der Waals surface area contributed by atoms with E-state index in [-0.39, 0.29) is 23.5 Å². The normalized spacial score (nSPS) is 13.8. The first-order chi connectivity index (χ1) is 15.5. The van der Waals surface area contributed by atoms with Crippen molar-refractivity contribution in [2.24, 2.45) is 0 Å². The predicted molar refractivity (Wildman–Crippen MR) is 126 cm³/mol. The van der Waals surface area contributed by atoms with Crippen LogP contribution in [-0.2, 0) is 17.8 Å². The number of carbonyl (C=O) groups is 2. The van der Waals surface area contributed by atoms with Gasteiger partial charge < -0.3 is 9.88 Å². The first-order valence-electron chi connectivity index (χ1n) is 10.7. The largest absolute Gasteiger partial charge is 0.326 e. The van der Waals surface area contributed by atoms with Crippen molar-refractivity contribution in [3.63, 3.8) is 0 Å². The lowest BCUT2D eigenvalue weighted by atomic mass is 10.1. The molecule has 0 unspecified atom stereocenters. The highest BCUT2D eigenvalue weighted by atomic mass is 32.2. The Morgan fingerprint density at radius 1 is 1.19 bits per heavy atom. The Morgan fingerprint density at radius 3 is 2.69 bits per heavy atom. The molecule has 0 saturated heterocycles. The number of thioether (sulfide) groups is 1. The fourth-order valence-corrected chi connectivity index (χ4v) is 4.80. The van der Waals surface area contributed by atoms with Gasteiger partial charge in [-0.3, -0.25) is 14.5 Å². The molecule has 3 aromatic rings. The molecule has 8 heteroatoms. The molecule has 1 aliphatic heterocycles. The van der Waals surface area contributed by atoms with Gasteiger partial charge in [-0.25, -0.2) is 0 Å². The first kappa shape index (κ1) is 22.2. The van der Waals surface area contributed by atoms with Crippen molar-refractivity contribution in [1.82, 2.24) is 19.7 Å². The molecule has 0 saturated carbocycles. The maximum absolute atomic E-state index is 12.9. The van der Waals surface area contributed by atoms with Crippen molar-refractivity contribution in [3.8, 4) is 0 Å². The zero-order valence-corrected chi connectivity index (χ0v) is 19.4. The minimum absolute atomic E-state index is 0.00705. The molecule has 0 fully saturated rings. The molecule has 0 spiro atoms. The first-order valence-corrected chi connectivity index (χ1v) is 11.7. The molecule has 2 aromatic carbocycles. The van der Waals surface area contributed by atoms with Gasteiger partial charge in [0.25, 0.3) is 0 Å². The van der Waals surface area contributed by atoms with Gasteiger partial charge in [-0.05, 0) is 49.8 Å². The van der Waals surface area contributed by atoms with Gasteiger partial charge in [0.1, 0.15) is 0 Å². The molecule has 1 aliphatic rings. The maximum atomic E-state index is 12.9. The van der Waals surface area contributed by atoms with Gasteiger partial charge in [-0.2, -0.15) is 0 Å². The number of amides is 1. The lowest BCUT2D eigenvalue weighted by Crippen LogP contribution is -2.23. The van der Waals surface area contributed by atoms with Gasteiger partial charge in [0.2, 0.25) is 5.91 Å². The number of anilines is 1. The molecule has 1 N–H and O–H groups in total. The Bertz CT molecular complexity index is 1130. The summed E-state index contributed by atoms with van der Waals surface area (Å²) < 4.78 is 2.12. The number of hydrogen-bond donors (Lipinski definition) is 1. The van der Waals surface area contributed by atoms with Crippen molar-refractivity contribution in [3.05, 3.63) is 71.0 Å². The molecule has 2 heterocycles. The third kappa shape index (κ3) is 4.76. The van der Waals surface area contributed by atoms with E-state index in [1.165, 1.54) is 11.8 Å². The fourth-order valence-electron chi connectivity index (χ4n) is 3.96. The van der Waals surface area contributed by atoms with Gasteiger partial charge in [-0.1, -0.05) is 49.0 Å². The number of nitrogens with one attached hydrogen (secondary N) is 1. The molecule has 1 amide bonds. The minimum atomic E-state index is -0.0353. The van der Waals surface area contributed by atoms with Crippen LogP contribution in [0.2, 0.25) is 0 Å². The standard InChI is InChI=1S/C24H27N5O2S/c1-4-20(28(2)3)23-26-27-24(29(23)14-16-8-6-5-7-9-16)32-15-21(30)17-10-11-19-18(12-17)13-22(31)25-19/h5-12,20H,4,13-15H2,1-3H3,(H,25,31)/t20-/m1/s1. The molecule has 0 aliphatic carbocycles. The van der Waals surface area contributed by atoms with E-state index in [1.54, 1.807) is 12.1 Å². The highest BCUT2D eigenvalue weighted by Gasteiger charge is 2.23. The quantitative estimate of drug-likeness (QED) is 0.395. The lowest BCUT2D eigenvalue weighted by Gasteiger charge is -2.23. The van der Waals surface area contributed by atoms with Crippen molar-refractivity contribution in [2.45, 2.75) is 37.5 Å². The Hall–Kier alpha value is -2.97. The number of Topliss-reactive ketones (excluding diaryl/α,β-unsaturated/α-hetero) is 1. The van der Waals surface area contributed by atoms with E-state index in [0.717, 1.165) is 34.2 Å². The summed E-state index contributed by atoms with van der Waals surface area (Å²) in [5.74, 6) is 1.13. The van der Waals surface area contributed by atoms with E-state index in [2.05, 4.69) is 44.0 Å². The van der Waals surface area contributed by atoms with Crippen LogP contribution in [0.3, 0.4) is 0 Å². The van der Waals surface area contributed by atoms with Crippen LogP contribution in [0.5, 0.6) is 0 Å². The van der Waals surface area contributed by atoms with Crippen molar-refractivity contribution in [1.29, 1.82) is 0 Å². The number of fused-ring (bicyclic) bond motifs is 1. The SMILES string of the molecule is CC[C@H](c1nnc(SCC(=O)c2ccc3c(c2)CC(=O)N3)n1Cc1ccccc1)N(C)C. The molecule has 7 nitrogen and oxygen atoms in total. The zero-order chi connectivity index (χ0) is 22.7. The third-order valence-corrected chi connectivity index (χ3v) is 6.59. The summed E-state index contributed by atoms with van der Waals surface area (Å²) >= 11 is 1.40. The lowest BCUT2D eigenvalue weighted by molar-refractivity contribution is -0.115. The topological polar surface area (TPSA) is 80.1 Å². The number of benzene rings is 2. The molecule has 4 rings (SSSR count). The van der Waals surface area contributed by atoms with Crippen LogP contribution in [0.1, 0.15) is 46.7 Å². The van der Waals surface area contributed by atoms with E-state index >= 15 is 0 Å². The minimum Gasteiger partial charge on any atom is -0.326 e. The number of nitrogens with zero attached hydrogens (tertiary/aromatic N) is 4. The molecule has 32 heavy (non-hydrogen) atoms. The Labute approximate surface area is 192 Å². The highest BCUT2D eigenvalue weighted by Crippen LogP contribution is 2.28. The van der Waals surface area contributed by atoms with Gasteiger partial charge in [-0.15, -0.1) is 10.2 Å². The smallest absolute Gasteiger partial charge is 0.228 e. The van der Waals surface area contributed by atoms with E-state index in [9.17, 15) is 9.59 Å². The Balaban J connectivity index is 1.55. The van der Waals surface area contributed by atoms with Crippen LogP contribution >= 0.6 is 11.8 Å². The molecule has 0 bridgehead atoms. The molecule has 1 aromatic heterocycles. The van der Waals surface area contributed by atoms with Crippen molar-refractivity contribution < 1.29 is 9.59 Å². The number of hydrogen-bond acceptors (Lipinski definition) is 6. The summed E-state index contributed by atoms with van der Waals surface area (Å²) in [5, 5.41) is 12.5. The Morgan fingerprint density at radius 2 is 1.97 bits per heavy atom. The number of ketones is 1. The molecular weight excluding hydrogens is 422 g/mol. The zero-order valence-electron chi connectivity index (χ0n) is 18.5. The Kier molecular flexibility index (Phi) is 6.72.